The Hall–Kier alpha value is -2.82. The molecule has 0 radical (unpaired) electrons. The summed E-state index contributed by atoms with van der Waals surface area (Å²) < 4.78 is 7.94. The van der Waals surface area contributed by atoms with Gasteiger partial charge in [-0.15, -0.1) is 0 Å². The Morgan fingerprint density at radius 1 is 1.20 bits per heavy atom. The van der Waals surface area contributed by atoms with Crippen LogP contribution in [0.25, 0.3) is 10.9 Å². The van der Waals surface area contributed by atoms with Gasteiger partial charge in [-0.3, -0.25) is 4.79 Å². The number of benzene rings is 1. The van der Waals surface area contributed by atoms with Crippen LogP contribution in [0.3, 0.4) is 0 Å². The first-order valence-electron chi connectivity index (χ1n) is 8.61. The van der Waals surface area contributed by atoms with Crippen molar-refractivity contribution in [2.24, 2.45) is 0 Å². The maximum Gasteiger partial charge on any atom is 0.242 e. The van der Waals surface area contributed by atoms with Gasteiger partial charge in [-0.25, -0.2) is 4.98 Å². The summed E-state index contributed by atoms with van der Waals surface area (Å²) in [5.41, 5.74) is 2.02. The van der Waals surface area contributed by atoms with Crippen LogP contribution in [0.4, 0.5) is 0 Å². The molecular weight excluding hydrogens is 314 g/mol. The molecular formula is C20H21N3O2. The summed E-state index contributed by atoms with van der Waals surface area (Å²) in [6.45, 7) is 3.66. The van der Waals surface area contributed by atoms with Gasteiger partial charge in [0.05, 0.1) is 6.54 Å². The second kappa shape index (κ2) is 6.59. The number of likely N-dealkylation sites (tertiary alicyclic amines) is 1. The largest absolute Gasteiger partial charge is 0.472 e. The van der Waals surface area contributed by atoms with Crippen molar-refractivity contribution in [1.29, 1.82) is 0 Å². The van der Waals surface area contributed by atoms with Crippen molar-refractivity contribution in [3.8, 4) is 5.88 Å². The van der Waals surface area contributed by atoms with E-state index >= 15 is 0 Å². The molecule has 3 aromatic rings. The molecule has 0 bridgehead atoms. The summed E-state index contributed by atoms with van der Waals surface area (Å²) in [4.78, 5) is 18.9. The fourth-order valence-corrected chi connectivity index (χ4v) is 3.33. The molecule has 3 heterocycles. The van der Waals surface area contributed by atoms with E-state index in [4.69, 9.17) is 4.74 Å². The molecule has 1 aliphatic heterocycles. The molecule has 1 aliphatic rings. The lowest BCUT2D eigenvalue weighted by atomic mass is 10.2. The number of pyridine rings is 1. The van der Waals surface area contributed by atoms with Crippen LogP contribution >= 0.6 is 0 Å². The zero-order valence-corrected chi connectivity index (χ0v) is 14.3. The molecule has 0 saturated carbocycles. The van der Waals surface area contributed by atoms with Crippen LogP contribution in [0.15, 0.2) is 54.7 Å². The summed E-state index contributed by atoms with van der Waals surface area (Å²) in [5, 5.41) is 1.16. The number of fused-ring (bicyclic) bond motifs is 1. The van der Waals surface area contributed by atoms with Crippen molar-refractivity contribution < 1.29 is 9.53 Å². The van der Waals surface area contributed by atoms with Gasteiger partial charge in [-0.05, 0) is 30.5 Å². The standard InChI is InChI=1S/C20H21N3O2/c1-15-5-4-8-19(21-15)25-17-10-12-23(13-17)20(24)14-22-11-9-16-6-2-3-7-18(16)22/h2-9,11,17H,10,12-14H2,1H3. The van der Waals surface area contributed by atoms with Gasteiger partial charge in [0.25, 0.3) is 0 Å². The number of aromatic nitrogens is 2. The molecule has 1 unspecified atom stereocenters. The van der Waals surface area contributed by atoms with Gasteiger partial charge in [0.15, 0.2) is 0 Å². The number of hydrogen-bond acceptors (Lipinski definition) is 3. The maximum absolute atomic E-state index is 12.6. The second-order valence-corrected chi connectivity index (χ2v) is 6.49. The maximum atomic E-state index is 12.6. The SMILES string of the molecule is Cc1cccc(OC2CCN(C(=O)Cn3ccc4ccccc43)C2)n1. The topological polar surface area (TPSA) is 47.4 Å². The van der Waals surface area contributed by atoms with Crippen molar-refractivity contribution in [3.63, 3.8) is 0 Å². The summed E-state index contributed by atoms with van der Waals surface area (Å²) >= 11 is 0. The van der Waals surface area contributed by atoms with Gasteiger partial charge >= 0.3 is 0 Å². The van der Waals surface area contributed by atoms with Gasteiger partial charge in [0.1, 0.15) is 12.6 Å². The number of rotatable bonds is 4. The number of para-hydroxylation sites is 1. The van der Waals surface area contributed by atoms with Gasteiger partial charge in [0.2, 0.25) is 11.8 Å². The summed E-state index contributed by atoms with van der Waals surface area (Å²) in [5.74, 6) is 0.764. The highest BCUT2D eigenvalue weighted by Gasteiger charge is 2.28. The fourth-order valence-electron chi connectivity index (χ4n) is 3.33. The first-order valence-corrected chi connectivity index (χ1v) is 8.61. The van der Waals surface area contributed by atoms with E-state index in [9.17, 15) is 4.79 Å². The minimum Gasteiger partial charge on any atom is -0.472 e. The Morgan fingerprint density at radius 3 is 2.96 bits per heavy atom. The quantitative estimate of drug-likeness (QED) is 0.736. The van der Waals surface area contributed by atoms with Crippen molar-refractivity contribution in [1.82, 2.24) is 14.5 Å². The summed E-state index contributed by atoms with van der Waals surface area (Å²) in [6.07, 6.45) is 2.83. The van der Waals surface area contributed by atoms with Gasteiger partial charge < -0.3 is 14.2 Å². The van der Waals surface area contributed by atoms with Crippen LogP contribution in [0.2, 0.25) is 0 Å². The molecule has 1 aromatic carbocycles. The molecule has 1 amide bonds. The molecule has 1 fully saturated rings. The highest BCUT2D eigenvalue weighted by molar-refractivity contribution is 5.83. The highest BCUT2D eigenvalue weighted by Crippen LogP contribution is 2.19. The predicted octanol–water partition coefficient (Wildman–Crippen LogP) is 3.02. The number of hydrogen-bond donors (Lipinski definition) is 0. The Bertz CT molecular complexity index is 903. The van der Waals surface area contributed by atoms with E-state index in [1.807, 2.05) is 65.1 Å². The lowest BCUT2D eigenvalue weighted by Crippen LogP contribution is -2.33. The minimum atomic E-state index is 0.0136. The van der Waals surface area contributed by atoms with Gasteiger partial charge in [-0.1, -0.05) is 24.3 Å². The zero-order valence-electron chi connectivity index (χ0n) is 14.3. The average Bonchev–Trinajstić information content (AvgIpc) is 3.23. The van der Waals surface area contributed by atoms with Gasteiger partial charge in [-0.2, -0.15) is 0 Å². The third-order valence-electron chi connectivity index (χ3n) is 4.63. The van der Waals surface area contributed by atoms with Crippen LogP contribution in [-0.2, 0) is 11.3 Å². The summed E-state index contributed by atoms with van der Waals surface area (Å²) in [6, 6.07) is 15.9. The predicted molar refractivity (Wildman–Crippen MR) is 96.5 cm³/mol. The van der Waals surface area contributed by atoms with Crippen molar-refractivity contribution in [2.75, 3.05) is 13.1 Å². The smallest absolute Gasteiger partial charge is 0.242 e. The molecule has 128 valence electrons. The number of carbonyl (C=O) groups is 1. The zero-order chi connectivity index (χ0) is 17.2. The molecule has 2 aromatic heterocycles. The van der Waals surface area contributed by atoms with Crippen LogP contribution in [0.1, 0.15) is 12.1 Å². The van der Waals surface area contributed by atoms with E-state index in [0.29, 0.717) is 19.0 Å². The molecule has 25 heavy (non-hydrogen) atoms. The number of nitrogens with zero attached hydrogens (tertiary/aromatic N) is 3. The van der Waals surface area contributed by atoms with Crippen LogP contribution < -0.4 is 4.74 Å². The first-order chi connectivity index (χ1) is 12.2. The molecule has 0 N–H and O–H groups in total. The Morgan fingerprint density at radius 2 is 2.08 bits per heavy atom. The van der Waals surface area contributed by atoms with Crippen molar-refractivity contribution in [3.05, 3.63) is 60.4 Å². The second-order valence-electron chi connectivity index (χ2n) is 6.49. The number of carbonyl (C=O) groups excluding carboxylic acids is 1. The van der Waals surface area contributed by atoms with E-state index in [1.54, 1.807) is 0 Å². The molecule has 1 atom stereocenters. The molecule has 4 rings (SSSR count). The molecule has 0 aliphatic carbocycles. The molecule has 5 nitrogen and oxygen atoms in total. The van der Waals surface area contributed by atoms with Crippen LogP contribution in [0, 0.1) is 6.92 Å². The first kappa shape index (κ1) is 15.7. The van der Waals surface area contributed by atoms with Crippen molar-refractivity contribution in [2.45, 2.75) is 26.0 Å². The van der Waals surface area contributed by atoms with E-state index in [1.165, 1.54) is 0 Å². The molecule has 1 saturated heterocycles. The molecule has 0 spiro atoms. The Balaban J connectivity index is 1.39. The lowest BCUT2D eigenvalue weighted by molar-refractivity contribution is -0.131. The third kappa shape index (κ3) is 3.36. The van der Waals surface area contributed by atoms with Crippen LogP contribution in [0.5, 0.6) is 5.88 Å². The fraction of sp³-hybridized carbons (Fsp3) is 0.300. The average molecular weight is 335 g/mol. The van der Waals surface area contributed by atoms with E-state index in [-0.39, 0.29) is 12.0 Å². The van der Waals surface area contributed by atoms with E-state index in [0.717, 1.165) is 29.6 Å². The molecule has 5 heteroatoms. The van der Waals surface area contributed by atoms with Gasteiger partial charge in [0, 0.05) is 36.4 Å². The Kier molecular flexibility index (Phi) is 4.14. The normalized spacial score (nSPS) is 17.2. The van der Waals surface area contributed by atoms with E-state index in [2.05, 4.69) is 11.1 Å². The van der Waals surface area contributed by atoms with Crippen LogP contribution in [-0.4, -0.2) is 39.6 Å². The monoisotopic (exact) mass is 335 g/mol. The third-order valence-corrected chi connectivity index (χ3v) is 4.63. The summed E-state index contributed by atoms with van der Waals surface area (Å²) in [7, 11) is 0. The van der Waals surface area contributed by atoms with Crippen molar-refractivity contribution >= 4 is 16.8 Å². The Labute approximate surface area is 146 Å². The highest BCUT2D eigenvalue weighted by atomic mass is 16.5. The lowest BCUT2D eigenvalue weighted by Gasteiger charge is -2.18. The number of ether oxygens (including phenoxy) is 1. The number of aryl methyl sites for hydroxylation is 1. The minimum absolute atomic E-state index is 0.0136. The number of amides is 1. The van der Waals surface area contributed by atoms with E-state index < -0.39 is 0 Å².